The first-order chi connectivity index (χ1) is 11.5. The normalized spacial score (nSPS) is 20.1. The summed E-state index contributed by atoms with van der Waals surface area (Å²) in [5.41, 5.74) is -0.156. The van der Waals surface area contributed by atoms with Crippen LogP contribution in [0.4, 0.5) is 4.79 Å². The number of benzene rings is 1. The van der Waals surface area contributed by atoms with Crippen LogP contribution in [0.2, 0.25) is 0 Å². The lowest BCUT2D eigenvalue weighted by atomic mass is 10.0. The number of nitrogens with one attached hydrogen (secondary N) is 2. The lowest BCUT2D eigenvalue weighted by molar-refractivity contribution is -0.134. The zero-order valence-corrected chi connectivity index (χ0v) is 13.9. The predicted octanol–water partition coefficient (Wildman–Crippen LogP) is 1.83. The number of thiophene rings is 1. The smallest absolute Gasteiger partial charge is 0.325 e. The molecule has 124 valence electrons. The molecule has 1 unspecified atom stereocenters. The lowest BCUT2D eigenvalue weighted by Gasteiger charge is -2.19. The van der Waals surface area contributed by atoms with Crippen LogP contribution >= 0.6 is 11.3 Å². The van der Waals surface area contributed by atoms with E-state index in [-0.39, 0.29) is 12.5 Å². The SMILES string of the molecule is CC1(c2cccs2)NC(=O)N(CC(=O)NCc2ccccc2)C1=O. The predicted molar refractivity (Wildman–Crippen MR) is 90.2 cm³/mol. The van der Waals surface area contributed by atoms with Gasteiger partial charge in [0.15, 0.2) is 5.54 Å². The number of hydrogen-bond acceptors (Lipinski definition) is 4. The van der Waals surface area contributed by atoms with Crippen LogP contribution in [-0.4, -0.2) is 29.3 Å². The maximum atomic E-state index is 12.6. The third kappa shape index (κ3) is 3.03. The fourth-order valence-electron chi connectivity index (χ4n) is 2.57. The summed E-state index contributed by atoms with van der Waals surface area (Å²) in [5.74, 6) is -0.789. The van der Waals surface area contributed by atoms with Crippen LogP contribution in [0.3, 0.4) is 0 Å². The van der Waals surface area contributed by atoms with Crippen molar-refractivity contribution in [2.45, 2.75) is 19.0 Å². The van der Waals surface area contributed by atoms with Gasteiger partial charge in [0.2, 0.25) is 5.91 Å². The van der Waals surface area contributed by atoms with Crippen molar-refractivity contribution in [3.8, 4) is 0 Å². The molecule has 2 aromatic rings. The molecule has 0 saturated carbocycles. The Bertz CT molecular complexity index is 761. The van der Waals surface area contributed by atoms with E-state index in [2.05, 4.69) is 10.6 Å². The van der Waals surface area contributed by atoms with Crippen molar-refractivity contribution < 1.29 is 14.4 Å². The zero-order chi connectivity index (χ0) is 17.2. The molecule has 1 aliphatic rings. The second-order valence-electron chi connectivity index (χ2n) is 5.69. The van der Waals surface area contributed by atoms with E-state index in [9.17, 15) is 14.4 Å². The minimum Gasteiger partial charge on any atom is -0.350 e. The molecular weight excluding hydrogens is 326 g/mol. The highest BCUT2D eigenvalue weighted by Gasteiger charge is 2.50. The van der Waals surface area contributed by atoms with Crippen molar-refractivity contribution in [1.82, 2.24) is 15.5 Å². The number of imide groups is 1. The molecule has 1 fully saturated rings. The van der Waals surface area contributed by atoms with Crippen molar-refractivity contribution in [1.29, 1.82) is 0 Å². The number of nitrogens with zero attached hydrogens (tertiary/aromatic N) is 1. The molecular formula is C17H17N3O3S. The van der Waals surface area contributed by atoms with Crippen LogP contribution in [0.5, 0.6) is 0 Å². The topological polar surface area (TPSA) is 78.5 Å². The van der Waals surface area contributed by atoms with Gasteiger partial charge in [0.05, 0.1) is 0 Å². The molecule has 1 aromatic heterocycles. The Morgan fingerprint density at radius 1 is 1.21 bits per heavy atom. The van der Waals surface area contributed by atoms with Gasteiger partial charge in [-0.05, 0) is 23.9 Å². The van der Waals surface area contributed by atoms with E-state index in [1.807, 2.05) is 41.8 Å². The zero-order valence-electron chi connectivity index (χ0n) is 13.1. The monoisotopic (exact) mass is 343 g/mol. The highest BCUT2D eigenvalue weighted by Crippen LogP contribution is 2.31. The van der Waals surface area contributed by atoms with Crippen molar-refractivity contribution in [2.75, 3.05) is 6.54 Å². The number of amides is 4. The van der Waals surface area contributed by atoms with Crippen molar-refractivity contribution in [3.63, 3.8) is 0 Å². The summed E-state index contributed by atoms with van der Waals surface area (Å²) in [7, 11) is 0. The molecule has 7 heteroatoms. The molecule has 3 rings (SSSR count). The van der Waals surface area contributed by atoms with Gasteiger partial charge in [0.25, 0.3) is 5.91 Å². The molecule has 1 saturated heterocycles. The van der Waals surface area contributed by atoms with Crippen LogP contribution in [0.1, 0.15) is 17.4 Å². The lowest BCUT2D eigenvalue weighted by Crippen LogP contribution is -2.42. The van der Waals surface area contributed by atoms with Gasteiger partial charge in [-0.25, -0.2) is 4.79 Å². The Morgan fingerprint density at radius 2 is 1.96 bits per heavy atom. The first-order valence-electron chi connectivity index (χ1n) is 7.49. The van der Waals surface area contributed by atoms with Gasteiger partial charge in [-0.3, -0.25) is 14.5 Å². The third-order valence-corrected chi connectivity index (χ3v) is 5.01. The first-order valence-corrected chi connectivity index (χ1v) is 8.37. The molecule has 1 atom stereocenters. The van der Waals surface area contributed by atoms with Gasteiger partial charge in [0.1, 0.15) is 6.54 Å². The Kier molecular flexibility index (Phi) is 4.35. The second kappa shape index (κ2) is 6.45. The molecule has 24 heavy (non-hydrogen) atoms. The van der Waals surface area contributed by atoms with Crippen molar-refractivity contribution >= 4 is 29.2 Å². The highest BCUT2D eigenvalue weighted by atomic mass is 32.1. The van der Waals surface area contributed by atoms with E-state index < -0.39 is 17.5 Å². The van der Waals surface area contributed by atoms with E-state index in [1.54, 1.807) is 13.0 Å². The minimum absolute atomic E-state index is 0.293. The third-order valence-electron chi connectivity index (χ3n) is 3.92. The summed E-state index contributed by atoms with van der Waals surface area (Å²) >= 11 is 1.39. The van der Waals surface area contributed by atoms with Crippen LogP contribution in [0.15, 0.2) is 47.8 Å². The Balaban J connectivity index is 1.64. The average molecular weight is 343 g/mol. The maximum Gasteiger partial charge on any atom is 0.325 e. The van der Waals surface area contributed by atoms with Crippen LogP contribution in [0.25, 0.3) is 0 Å². The molecule has 1 aliphatic heterocycles. The van der Waals surface area contributed by atoms with Gasteiger partial charge in [-0.2, -0.15) is 0 Å². The summed E-state index contributed by atoms with van der Waals surface area (Å²) in [6.07, 6.45) is 0. The molecule has 0 spiro atoms. The molecule has 4 amide bonds. The standard InChI is InChI=1S/C17H17N3O3S/c1-17(13-8-5-9-24-13)15(22)20(16(23)19-17)11-14(21)18-10-12-6-3-2-4-7-12/h2-9H,10-11H2,1H3,(H,18,21)(H,19,23). The second-order valence-corrected chi connectivity index (χ2v) is 6.63. The van der Waals surface area contributed by atoms with Crippen LogP contribution in [0, 0.1) is 0 Å². The Hall–Kier alpha value is -2.67. The molecule has 0 radical (unpaired) electrons. The number of urea groups is 1. The fraction of sp³-hybridized carbons (Fsp3) is 0.235. The number of hydrogen-bond donors (Lipinski definition) is 2. The van der Waals surface area contributed by atoms with E-state index in [0.29, 0.717) is 6.54 Å². The molecule has 1 aromatic carbocycles. The summed E-state index contributed by atoms with van der Waals surface area (Å²) in [5, 5.41) is 7.24. The summed E-state index contributed by atoms with van der Waals surface area (Å²) in [4.78, 5) is 38.5. The highest BCUT2D eigenvalue weighted by molar-refractivity contribution is 7.10. The van der Waals surface area contributed by atoms with Crippen molar-refractivity contribution in [3.05, 3.63) is 58.3 Å². The number of rotatable bonds is 5. The van der Waals surface area contributed by atoms with Gasteiger partial charge in [-0.1, -0.05) is 36.4 Å². The van der Waals surface area contributed by atoms with Gasteiger partial charge < -0.3 is 10.6 Å². The van der Waals surface area contributed by atoms with Gasteiger partial charge in [-0.15, -0.1) is 11.3 Å². The van der Waals surface area contributed by atoms with Gasteiger partial charge >= 0.3 is 6.03 Å². The molecule has 0 bridgehead atoms. The number of carbonyl (C=O) groups is 3. The first kappa shape index (κ1) is 16.2. The van der Waals surface area contributed by atoms with E-state index in [0.717, 1.165) is 15.3 Å². The molecule has 0 aliphatic carbocycles. The van der Waals surface area contributed by atoms with E-state index >= 15 is 0 Å². The maximum absolute atomic E-state index is 12.6. The molecule has 6 nitrogen and oxygen atoms in total. The quantitative estimate of drug-likeness (QED) is 0.813. The molecule has 2 heterocycles. The largest absolute Gasteiger partial charge is 0.350 e. The van der Waals surface area contributed by atoms with E-state index in [1.165, 1.54) is 11.3 Å². The summed E-state index contributed by atoms with van der Waals surface area (Å²) < 4.78 is 0. The molecule has 2 N–H and O–H groups in total. The fourth-order valence-corrected chi connectivity index (χ4v) is 3.40. The average Bonchev–Trinajstić information content (AvgIpc) is 3.19. The van der Waals surface area contributed by atoms with Crippen LogP contribution < -0.4 is 10.6 Å². The van der Waals surface area contributed by atoms with Crippen molar-refractivity contribution in [2.24, 2.45) is 0 Å². The van der Waals surface area contributed by atoms with Gasteiger partial charge in [0, 0.05) is 11.4 Å². The number of carbonyl (C=O) groups excluding carboxylic acids is 3. The van der Waals surface area contributed by atoms with Crippen LogP contribution in [-0.2, 0) is 21.7 Å². The summed E-state index contributed by atoms with van der Waals surface area (Å²) in [6, 6.07) is 12.5. The Labute approximate surface area is 143 Å². The van der Waals surface area contributed by atoms with E-state index in [4.69, 9.17) is 0 Å². The summed E-state index contributed by atoms with van der Waals surface area (Å²) in [6.45, 7) is 1.71. The minimum atomic E-state index is -1.11. The Morgan fingerprint density at radius 3 is 2.62 bits per heavy atom.